The molecule has 4 heteroatoms. The summed E-state index contributed by atoms with van der Waals surface area (Å²) in [5.74, 6) is -0.367. The summed E-state index contributed by atoms with van der Waals surface area (Å²) in [6, 6.07) is 7.79. The van der Waals surface area contributed by atoms with Gasteiger partial charge in [0.25, 0.3) is 0 Å². The van der Waals surface area contributed by atoms with Gasteiger partial charge in [0.15, 0.2) is 0 Å². The number of nitrogens with one attached hydrogen (secondary N) is 1. The SMILES string of the molecule is COC(=O)C(C)CN[C@@H](C)c1ccccc1Cl. The fourth-order valence-corrected chi connectivity index (χ4v) is 1.87. The van der Waals surface area contributed by atoms with Gasteiger partial charge >= 0.3 is 5.97 Å². The van der Waals surface area contributed by atoms with Gasteiger partial charge in [-0.25, -0.2) is 0 Å². The molecule has 0 spiro atoms. The van der Waals surface area contributed by atoms with Gasteiger partial charge in [-0.2, -0.15) is 0 Å². The zero-order valence-corrected chi connectivity index (χ0v) is 11.1. The number of halogens is 1. The Kier molecular flexibility index (Phi) is 5.45. The Morgan fingerprint density at radius 2 is 2.06 bits per heavy atom. The number of hydrogen-bond acceptors (Lipinski definition) is 3. The number of ether oxygens (including phenoxy) is 1. The minimum absolute atomic E-state index is 0.107. The monoisotopic (exact) mass is 255 g/mol. The smallest absolute Gasteiger partial charge is 0.309 e. The molecule has 0 aliphatic rings. The minimum Gasteiger partial charge on any atom is -0.469 e. The number of methoxy groups -OCH3 is 1. The number of benzene rings is 1. The van der Waals surface area contributed by atoms with E-state index in [1.54, 1.807) is 0 Å². The van der Waals surface area contributed by atoms with E-state index < -0.39 is 0 Å². The van der Waals surface area contributed by atoms with E-state index in [0.29, 0.717) is 6.54 Å². The summed E-state index contributed by atoms with van der Waals surface area (Å²) in [6.07, 6.45) is 0. The summed E-state index contributed by atoms with van der Waals surface area (Å²) >= 11 is 6.09. The first kappa shape index (κ1) is 14.0. The first-order valence-corrected chi connectivity index (χ1v) is 5.99. The predicted octanol–water partition coefficient (Wildman–Crippen LogP) is 2.80. The third-order valence-corrected chi connectivity index (χ3v) is 3.05. The molecule has 0 aliphatic heterocycles. The van der Waals surface area contributed by atoms with Crippen molar-refractivity contribution in [2.75, 3.05) is 13.7 Å². The Hall–Kier alpha value is -1.06. The highest BCUT2D eigenvalue weighted by Crippen LogP contribution is 2.22. The standard InChI is InChI=1S/C13H18ClNO2/c1-9(13(16)17-3)8-15-10(2)11-6-4-5-7-12(11)14/h4-7,9-10,15H,8H2,1-3H3/t9?,10-/m0/s1. The van der Waals surface area contributed by atoms with Crippen molar-refractivity contribution >= 4 is 17.6 Å². The Labute approximate surface area is 107 Å². The van der Waals surface area contributed by atoms with Crippen LogP contribution >= 0.6 is 11.6 Å². The molecule has 0 aromatic heterocycles. The van der Waals surface area contributed by atoms with Crippen molar-refractivity contribution in [3.63, 3.8) is 0 Å². The molecule has 0 amide bonds. The maximum atomic E-state index is 11.2. The lowest BCUT2D eigenvalue weighted by atomic mass is 10.1. The summed E-state index contributed by atoms with van der Waals surface area (Å²) < 4.78 is 4.67. The van der Waals surface area contributed by atoms with Crippen molar-refractivity contribution in [2.24, 2.45) is 5.92 Å². The average Bonchev–Trinajstić information content (AvgIpc) is 2.35. The van der Waals surface area contributed by atoms with Crippen LogP contribution in [0.4, 0.5) is 0 Å². The second-order valence-electron chi connectivity index (χ2n) is 4.08. The lowest BCUT2D eigenvalue weighted by Gasteiger charge is -2.17. The van der Waals surface area contributed by atoms with Gasteiger partial charge in [-0.05, 0) is 18.6 Å². The van der Waals surface area contributed by atoms with Crippen LogP contribution in [0.15, 0.2) is 24.3 Å². The Morgan fingerprint density at radius 3 is 2.65 bits per heavy atom. The quantitative estimate of drug-likeness (QED) is 0.823. The topological polar surface area (TPSA) is 38.3 Å². The maximum Gasteiger partial charge on any atom is 0.309 e. The molecule has 0 fully saturated rings. The van der Waals surface area contributed by atoms with Crippen LogP contribution in [0.25, 0.3) is 0 Å². The predicted molar refractivity (Wildman–Crippen MR) is 69.0 cm³/mol. The zero-order valence-electron chi connectivity index (χ0n) is 10.4. The number of esters is 1. The summed E-state index contributed by atoms with van der Waals surface area (Å²) in [5, 5.41) is 4.00. The molecule has 1 aromatic carbocycles. The molecule has 1 unspecified atom stereocenters. The van der Waals surface area contributed by atoms with Gasteiger partial charge in [0.1, 0.15) is 0 Å². The van der Waals surface area contributed by atoms with E-state index in [0.717, 1.165) is 10.6 Å². The number of rotatable bonds is 5. The van der Waals surface area contributed by atoms with Crippen LogP contribution in [0.2, 0.25) is 5.02 Å². The van der Waals surface area contributed by atoms with E-state index in [1.807, 2.05) is 38.1 Å². The van der Waals surface area contributed by atoms with E-state index in [9.17, 15) is 4.79 Å². The molecule has 0 aliphatic carbocycles. The van der Waals surface area contributed by atoms with Gasteiger partial charge in [0.2, 0.25) is 0 Å². The third-order valence-electron chi connectivity index (χ3n) is 2.71. The lowest BCUT2D eigenvalue weighted by Crippen LogP contribution is -2.29. The first-order chi connectivity index (χ1) is 8.06. The van der Waals surface area contributed by atoms with E-state index in [2.05, 4.69) is 10.1 Å². The van der Waals surface area contributed by atoms with Crippen LogP contribution in [0.5, 0.6) is 0 Å². The van der Waals surface area contributed by atoms with Crippen LogP contribution in [0, 0.1) is 5.92 Å². The van der Waals surface area contributed by atoms with Crippen molar-refractivity contribution in [3.05, 3.63) is 34.9 Å². The molecule has 0 heterocycles. The maximum absolute atomic E-state index is 11.2. The summed E-state index contributed by atoms with van der Waals surface area (Å²) in [4.78, 5) is 11.2. The van der Waals surface area contributed by atoms with Gasteiger partial charge in [0, 0.05) is 17.6 Å². The van der Waals surface area contributed by atoms with Crippen molar-refractivity contribution < 1.29 is 9.53 Å². The van der Waals surface area contributed by atoms with Crippen molar-refractivity contribution in [2.45, 2.75) is 19.9 Å². The van der Waals surface area contributed by atoms with Crippen molar-refractivity contribution in [3.8, 4) is 0 Å². The summed E-state index contributed by atoms with van der Waals surface area (Å²) in [7, 11) is 1.40. The second kappa shape index (κ2) is 6.62. The van der Waals surface area contributed by atoms with Gasteiger partial charge in [-0.1, -0.05) is 36.7 Å². The van der Waals surface area contributed by atoms with E-state index in [4.69, 9.17) is 11.6 Å². The number of carbonyl (C=O) groups is 1. The fourth-order valence-electron chi connectivity index (χ4n) is 1.57. The molecule has 1 rings (SSSR count). The van der Waals surface area contributed by atoms with Crippen LogP contribution < -0.4 is 5.32 Å². The van der Waals surface area contributed by atoms with Crippen LogP contribution in [-0.2, 0) is 9.53 Å². The second-order valence-corrected chi connectivity index (χ2v) is 4.48. The lowest BCUT2D eigenvalue weighted by molar-refractivity contribution is -0.144. The molecule has 0 saturated carbocycles. The number of carbonyl (C=O) groups excluding carboxylic acids is 1. The third kappa shape index (κ3) is 4.02. The molecule has 0 saturated heterocycles. The first-order valence-electron chi connectivity index (χ1n) is 5.62. The highest BCUT2D eigenvalue weighted by molar-refractivity contribution is 6.31. The molecule has 3 nitrogen and oxygen atoms in total. The highest BCUT2D eigenvalue weighted by atomic mass is 35.5. The van der Waals surface area contributed by atoms with Crippen LogP contribution in [-0.4, -0.2) is 19.6 Å². The molecular weight excluding hydrogens is 238 g/mol. The van der Waals surface area contributed by atoms with E-state index >= 15 is 0 Å². The molecule has 0 bridgehead atoms. The molecule has 1 N–H and O–H groups in total. The van der Waals surface area contributed by atoms with E-state index in [1.165, 1.54) is 7.11 Å². The fraction of sp³-hybridized carbons (Fsp3) is 0.462. The van der Waals surface area contributed by atoms with E-state index in [-0.39, 0.29) is 17.9 Å². The Balaban J connectivity index is 2.53. The summed E-state index contributed by atoms with van der Waals surface area (Å²) in [6.45, 7) is 4.42. The Bertz CT molecular complexity index is 381. The number of hydrogen-bond donors (Lipinski definition) is 1. The normalized spacial score (nSPS) is 14.1. The van der Waals surface area contributed by atoms with Crippen LogP contribution in [0.1, 0.15) is 25.5 Å². The summed E-state index contributed by atoms with van der Waals surface area (Å²) in [5.41, 5.74) is 1.03. The minimum atomic E-state index is -0.205. The molecule has 17 heavy (non-hydrogen) atoms. The van der Waals surface area contributed by atoms with Crippen molar-refractivity contribution in [1.29, 1.82) is 0 Å². The van der Waals surface area contributed by atoms with Gasteiger partial charge in [-0.15, -0.1) is 0 Å². The average molecular weight is 256 g/mol. The zero-order chi connectivity index (χ0) is 12.8. The van der Waals surface area contributed by atoms with Gasteiger partial charge in [0.05, 0.1) is 13.0 Å². The molecule has 2 atom stereocenters. The van der Waals surface area contributed by atoms with Crippen LogP contribution in [0.3, 0.4) is 0 Å². The largest absolute Gasteiger partial charge is 0.469 e. The van der Waals surface area contributed by atoms with Gasteiger partial charge < -0.3 is 10.1 Å². The molecule has 1 aromatic rings. The molecule has 94 valence electrons. The van der Waals surface area contributed by atoms with Gasteiger partial charge in [-0.3, -0.25) is 4.79 Å². The van der Waals surface area contributed by atoms with Crippen molar-refractivity contribution in [1.82, 2.24) is 5.32 Å². The Morgan fingerprint density at radius 1 is 1.41 bits per heavy atom. The highest BCUT2D eigenvalue weighted by Gasteiger charge is 2.15. The molecule has 0 radical (unpaired) electrons. The molecular formula is C13H18ClNO2.